The molecule has 0 aromatic heterocycles. The van der Waals surface area contributed by atoms with Crippen LogP contribution in [0.5, 0.6) is 0 Å². The van der Waals surface area contributed by atoms with Gasteiger partial charge in [0.25, 0.3) is 0 Å². The lowest BCUT2D eigenvalue weighted by Crippen LogP contribution is -2.50. The third kappa shape index (κ3) is 4.96. The summed E-state index contributed by atoms with van der Waals surface area (Å²) >= 11 is 0. The third-order valence-corrected chi connectivity index (χ3v) is 6.22. The fourth-order valence-electron chi connectivity index (χ4n) is 4.85. The van der Waals surface area contributed by atoms with Crippen LogP contribution < -0.4 is 0 Å². The molecule has 2 fully saturated rings. The predicted molar refractivity (Wildman–Crippen MR) is 97.1 cm³/mol. The second-order valence-corrected chi connectivity index (χ2v) is 9.11. The van der Waals surface area contributed by atoms with Gasteiger partial charge in [-0.05, 0) is 61.4 Å². The molecular weight excluding hydrogens is 268 g/mol. The molecule has 2 nitrogen and oxygen atoms in total. The molecule has 2 rings (SSSR count). The van der Waals surface area contributed by atoms with Crippen LogP contribution in [0.4, 0.5) is 0 Å². The molecule has 0 radical (unpaired) electrons. The highest BCUT2D eigenvalue weighted by atomic mass is 15.2. The van der Waals surface area contributed by atoms with Crippen LogP contribution >= 0.6 is 0 Å². The molecule has 22 heavy (non-hydrogen) atoms. The molecular formula is C20H40N2. The van der Waals surface area contributed by atoms with Gasteiger partial charge in [-0.2, -0.15) is 0 Å². The minimum Gasteiger partial charge on any atom is -0.303 e. The fraction of sp³-hybridized carbons (Fsp3) is 1.00. The molecule has 2 unspecified atom stereocenters. The van der Waals surface area contributed by atoms with Crippen molar-refractivity contribution in [2.24, 2.45) is 35.5 Å². The number of piperidine rings is 2. The van der Waals surface area contributed by atoms with Crippen LogP contribution in [0.3, 0.4) is 0 Å². The zero-order chi connectivity index (χ0) is 16.3. The molecule has 0 spiro atoms. The number of hydrogen-bond acceptors (Lipinski definition) is 2. The summed E-state index contributed by atoms with van der Waals surface area (Å²) in [5.41, 5.74) is 0. The Morgan fingerprint density at radius 2 is 1.41 bits per heavy atom. The molecule has 2 atom stereocenters. The van der Waals surface area contributed by atoms with Crippen molar-refractivity contribution in [1.29, 1.82) is 0 Å². The molecule has 2 saturated heterocycles. The van der Waals surface area contributed by atoms with Gasteiger partial charge in [0.15, 0.2) is 0 Å². The van der Waals surface area contributed by atoms with Gasteiger partial charge in [-0.15, -0.1) is 0 Å². The lowest BCUT2D eigenvalue weighted by atomic mass is 9.78. The van der Waals surface area contributed by atoms with Crippen LogP contribution in [0, 0.1) is 35.5 Å². The number of hydrogen-bond donors (Lipinski definition) is 0. The molecule has 0 N–H and O–H groups in total. The Kier molecular flexibility index (Phi) is 6.76. The van der Waals surface area contributed by atoms with E-state index in [1.54, 1.807) is 0 Å². The lowest BCUT2D eigenvalue weighted by Gasteiger charge is -2.45. The van der Waals surface area contributed by atoms with E-state index in [4.69, 9.17) is 0 Å². The number of nitrogens with zero attached hydrogens (tertiary/aromatic N) is 2. The Morgan fingerprint density at radius 3 is 1.86 bits per heavy atom. The molecule has 2 heteroatoms. The van der Waals surface area contributed by atoms with Crippen LogP contribution in [-0.2, 0) is 0 Å². The Balaban J connectivity index is 1.81. The van der Waals surface area contributed by atoms with Crippen molar-refractivity contribution in [2.75, 3.05) is 39.3 Å². The van der Waals surface area contributed by atoms with E-state index >= 15 is 0 Å². The van der Waals surface area contributed by atoms with Gasteiger partial charge < -0.3 is 9.80 Å². The van der Waals surface area contributed by atoms with E-state index in [2.05, 4.69) is 51.3 Å². The van der Waals surface area contributed by atoms with Crippen molar-refractivity contribution in [1.82, 2.24) is 9.80 Å². The monoisotopic (exact) mass is 308 g/mol. The van der Waals surface area contributed by atoms with Crippen LogP contribution in [0.2, 0.25) is 0 Å². The van der Waals surface area contributed by atoms with Crippen molar-refractivity contribution in [2.45, 2.75) is 54.4 Å². The van der Waals surface area contributed by atoms with Gasteiger partial charge >= 0.3 is 0 Å². The molecule has 0 saturated carbocycles. The van der Waals surface area contributed by atoms with E-state index in [1.165, 1.54) is 52.1 Å². The summed E-state index contributed by atoms with van der Waals surface area (Å²) in [7, 11) is 0. The summed E-state index contributed by atoms with van der Waals surface area (Å²) in [6.45, 7) is 22.4. The van der Waals surface area contributed by atoms with Gasteiger partial charge in [-0.1, -0.05) is 41.5 Å². The Hall–Kier alpha value is -0.0800. The van der Waals surface area contributed by atoms with Crippen LogP contribution in [0.25, 0.3) is 0 Å². The van der Waals surface area contributed by atoms with Crippen LogP contribution in [0.1, 0.15) is 54.4 Å². The minimum absolute atomic E-state index is 0.797. The van der Waals surface area contributed by atoms with Crippen LogP contribution in [0.15, 0.2) is 0 Å². The zero-order valence-corrected chi connectivity index (χ0v) is 16.0. The fourth-order valence-corrected chi connectivity index (χ4v) is 4.85. The molecule has 0 bridgehead atoms. The highest BCUT2D eigenvalue weighted by Gasteiger charge is 2.34. The maximum atomic E-state index is 2.77. The average molecular weight is 309 g/mol. The van der Waals surface area contributed by atoms with Crippen molar-refractivity contribution in [3.63, 3.8) is 0 Å². The highest BCUT2D eigenvalue weighted by Crippen LogP contribution is 2.31. The first-order valence-corrected chi connectivity index (χ1v) is 9.81. The van der Waals surface area contributed by atoms with Gasteiger partial charge in [0.2, 0.25) is 0 Å². The van der Waals surface area contributed by atoms with Crippen molar-refractivity contribution < 1.29 is 0 Å². The first-order chi connectivity index (χ1) is 10.4. The average Bonchev–Trinajstić information content (AvgIpc) is 2.42. The molecule has 2 aliphatic rings. The minimum atomic E-state index is 0.797. The largest absolute Gasteiger partial charge is 0.303 e. The molecule has 0 aromatic rings. The maximum Gasteiger partial charge on any atom is 0.00157 e. The summed E-state index contributed by atoms with van der Waals surface area (Å²) in [6, 6.07) is 0. The lowest BCUT2D eigenvalue weighted by molar-refractivity contribution is 0.0353. The Morgan fingerprint density at radius 1 is 0.864 bits per heavy atom. The van der Waals surface area contributed by atoms with Gasteiger partial charge in [-0.3, -0.25) is 0 Å². The first-order valence-electron chi connectivity index (χ1n) is 9.81. The highest BCUT2D eigenvalue weighted by molar-refractivity contribution is 4.86. The third-order valence-electron chi connectivity index (χ3n) is 6.22. The zero-order valence-electron chi connectivity index (χ0n) is 16.0. The quantitative estimate of drug-likeness (QED) is 0.750. The second-order valence-electron chi connectivity index (χ2n) is 9.11. The SMILES string of the molecule is CC(C)CN1CC(C)C(CN2CCC(C(C)C)CC2)C(C)C1. The molecule has 0 aliphatic carbocycles. The van der Waals surface area contributed by atoms with E-state index in [9.17, 15) is 0 Å². The van der Waals surface area contributed by atoms with Crippen molar-refractivity contribution in [3.8, 4) is 0 Å². The summed E-state index contributed by atoms with van der Waals surface area (Å²) in [5.74, 6) is 5.25. The van der Waals surface area contributed by atoms with Crippen molar-refractivity contribution >= 4 is 0 Å². The number of rotatable bonds is 5. The van der Waals surface area contributed by atoms with Crippen LogP contribution in [-0.4, -0.2) is 49.1 Å². The second kappa shape index (κ2) is 8.15. The predicted octanol–water partition coefficient (Wildman–Crippen LogP) is 4.21. The summed E-state index contributed by atoms with van der Waals surface area (Å²) < 4.78 is 0. The van der Waals surface area contributed by atoms with E-state index in [1.807, 2.05) is 0 Å². The van der Waals surface area contributed by atoms with Crippen molar-refractivity contribution in [3.05, 3.63) is 0 Å². The van der Waals surface area contributed by atoms with E-state index in [-0.39, 0.29) is 0 Å². The van der Waals surface area contributed by atoms with Gasteiger partial charge in [-0.25, -0.2) is 0 Å². The van der Waals surface area contributed by atoms with Gasteiger partial charge in [0.05, 0.1) is 0 Å². The molecule has 0 amide bonds. The summed E-state index contributed by atoms with van der Waals surface area (Å²) in [6.07, 6.45) is 2.85. The molecule has 0 aromatic carbocycles. The molecule has 2 heterocycles. The standard InChI is InChI=1S/C20H40N2/c1-15(2)11-22-12-17(5)20(18(6)13-22)14-21-9-7-19(8-10-21)16(3)4/h15-20H,7-14H2,1-6H3. The maximum absolute atomic E-state index is 2.77. The summed E-state index contributed by atoms with van der Waals surface area (Å²) in [5, 5.41) is 0. The van der Waals surface area contributed by atoms with E-state index < -0.39 is 0 Å². The topological polar surface area (TPSA) is 6.48 Å². The number of likely N-dealkylation sites (tertiary alicyclic amines) is 2. The smallest absolute Gasteiger partial charge is 0.00157 e. The van der Waals surface area contributed by atoms with E-state index in [0.717, 1.165) is 35.5 Å². The Labute approximate surface area is 139 Å². The van der Waals surface area contributed by atoms with Gasteiger partial charge in [0, 0.05) is 26.2 Å². The molecule has 130 valence electrons. The normalized spacial score (nSPS) is 33.0. The molecule has 2 aliphatic heterocycles. The summed E-state index contributed by atoms with van der Waals surface area (Å²) in [4.78, 5) is 5.48. The first kappa shape index (κ1) is 18.3. The van der Waals surface area contributed by atoms with E-state index in [0.29, 0.717) is 0 Å². The van der Waals surface area contributed by atoms with Gasteiger partial charge in [0.1, 0.15) is 0 Å². The Bertz CT molecular complexity index is 306.